The van der Waals surface area contributed by atoms with Crippen molar-refractivity contribution in [3.63, 3.8) is 0 Å². The number of benzene rings is 2. The first-order valence-corrected chi connectivity index (χ1v) is 7.26. The van der Waals surface area contributed by atoms with Crippen LogP contribution in [0.2, 0.25) is 0 Å². The zero-order valence-electron chi connectivity index (χ0n) is 12.1. The predicted octanol–water partition coefficient (Wildman–Crippen LogP) is 3.82. The van der Waals surface area contributed by atoms with Crippen molar-refractivity contribution in [3.05, 3.63) is 60.2 Å². The fourth-order valence-electron chi connectivity index (χ4n) is 2.85. The van der Waals surface area contributed by atoms with Crippen molar-refractivity contribution in [2.24, 2.45) is 0 Å². The molecule has 0 spiro atoms. The highest BCUT2D eigenvalue weighted by atomic mass is 16.5. The number of esters is 1. The Kier molecular flexibility index (Phi) is 2.82. The second-order valence-electron chi connectivity index (χ2n) is 5.11. The molecule has 0 amide bonds. The molecule has 0 aliphatic heterocycles. The zero-order chi connectivity index (χ0) is 15.1. The number of nitrogens with zero attached hydrogens (tertiary/aromatic N) is 2. The number of hydrogen-bond acceptors (Lipinski definition) is 3. The van der Waals surface area contributed by atoms with Gasteiger partial charge in [0, 0.05) is 10.8 Å². The molecule has 4 aromatic rings. The summed E-state index contributed by atoms with van der Waals surface area (Å²) < 4.78 is 7.10. The first-order valence-electron chi connectivity index (χ1n) is 7.26. The van der Waals surface area contributed by atoms with Crippen LogP contribution in [0.4, 0.5) is 0 Å². The van der Waals surface area contributed by atoms with Crippen molar-refractivity contribution in [1.82, 2.24) is 9.61 Å². The summed E-state index contributed by atoms with van der Waals surface area (Å²) in [6.45, 7) is 2.17. The standard InChI is InChI=1S/C18H14N2O2/c1-2-22-18(21)14-11-17-13-8-3-5-9-15(13)19-20(17)16-10-6-4-7-12(14)16/h3-11H,2H2,1H3. The average Bonchev–Trinajstić information content (AvgIpc) is 2.93. The number of carbonyl (C=O) groups is 1. The molecule has 0 aliphatic rings. The van der Waals surface area contributed by atoms with Crippen LogP contribution in [0.15, 0.2) is 54.6 Å². The Labute approximate surface area is 126 Å². The van der Waals surface area contributed by atoms with Gasteiger partial charge in [0.05, 0.1) is 28.7 Å². The van der Waals surface area contributed by atoms with Gasteiger partial charge in [0.1, 0.15) is 0 Å². The highest BCUT2D eigenvalue weighted by Gasteiger charge is 2.16. The van der Waals surface area contributed by atoms with Gasteiger partial charge < -0.3 is 4.74 Å². The molecular weight excluding hydrogens is 276 g/mol. The van der Waals surface area contributed by atoms with E-state index in [9.17, 15) is 4.79 Å². The van der Waals surface area contributed by atoms with Crippen LogP contribution in [0.3, 0.4) is 0 Å². The summed E-state index contributed by atoms with van der Waals surface area (Å²) >= 11 is 0. The number of para-hydroxylation sites is 1. The van der Waals surface area contributed by atoms with Gasteiger partial charge in [0.15, 0.2) is 0 Å². The minimum Gasteiger partial charge on any atom is -0.462 e. The molecule has 0 fully saturated rings. The topological polar surface area (TPSA) is 43.6 Å². The number of carbonyl (C=O) groups excluding carboxylic acids is 1. The Morgan fingerprint density at radius 1 is 1.05 bits per heavy atom. The van der Waals surface area contributed by atoms with Crippen LogP contribution in [0.5, 0.6) is 0 Å². The minimum atomic E-state index is -0.300. The van der Waals surface area contributed by atoms with Crippen LogP contribution in [-0.4, -0.2) is 22.2 Å². The monoisotopic (exact) mass is 290 g/mol. The molecule has 4 nitrogen and oxygen atoms in total. The van der Waals surface area contributed by atoms with Crippen LogP contribution in [0, 0.1) is 0 Å². The summed E-state index contributed by atoms with van der Waals surface area (Å²) in [4.78, 5) is 12.3. The van der Waals surface area contributed by atoms with Crippen LogP contribution in [-0.2, 0) is 4.74 Å². The fourth-order valence-corrected chi connectivity index (χ4v) is 2.85. The van der Waals surface area contributed by atoms with E-state index in [1.807, 2.05) is 66.0 Å². The van der Waals surface area contributed by atoms with Crippen molar-refractivity contribution >= 4 is 33.3 Å². The van der Waals surface area contributed by atoms with Gasteiger partial charge >= 0.3 is 5.97 Å². The van der Waals surface area contributed by atoms with Gasteiger partial charge in [0.25, 0.3) is 0 Å². The molecule has 0 saturated heterocycles. The summed E-state index contributed by atoms with van der Waals surface area (Å²) in [7, 11) is 0. The van der Waals surface area contributed by atoms with Gasteiger partial charge in [-0.15, -0.1) is 0 Å². The Hall–Kier alpha value is -2.88. The Balaban J connectivity index is 2.17. The number of aromatic nitrogens is 2. The maximum Gasteiger partial charge on any atom is 0.338 e. The minimum absolute atomic E-state index is 0.300. The maximum atomic E-state index is 12.3. The molecule has 4 rings (SSSR count). The Morgan fingerprint density at radius 2 is 1.77 bits per heavy atom. The number of rotatable bonds is 2. The lowest BCUT2D eigenvalue weighted by atomic mass is 10.1. The maximum absolute atomic E-state index is 12.3. The van der Waals surface area contributed by atoms with Gasteiger partial charge in [-0.1, -0.05) is 36.4 Å². The smallest absolute Gasteiger partial charge is 0.338 e. The van der Waals surface area contributed by atoms with E-state index in [0.717, 1.165) is 27.3 Å². The molecule has 2 aromatic carbocycles. The molecule has 4 heteroatoms. The van der Waals surface area contributed by atoms with Gasteiger partial charge in [-0.25, -0.2) is 9.31 Å². The second-order valence-corrected chi connectivity index (χ2v) is 5.11. The van der Waals surface area contributed by atoms with Crippen molar-refractivity contribution in [3.8, 4) is 0 Å². The van der Waals surface area contributed by atoms with E-state index in [1.54, 1.807) is 0 Å². The van der Waals surface area contributed by atoms with Crippen molar-refractivity contribution < 1.29 is 9.53 Å². The molecule has 2 aromatic heterocycles. The van der Waals surface area contributed by atoms with E-state index in [-0.39, 0.29) is 5.97 Å². The van der Waals surface area contributed by atoms with Gasteiger partial charge in [-0.2, -0.15) is 5.10 Å². The highest BCUT2D eigenvalue weighted by molar-refractivity contribution is 6.08. The largest absolute Gasteiger partial charge is 0.462 e. The molecule has 0 atom stereocenters. The number of hydrogen-bond donors (Lipinski definition) is 0. The third-order valence-electron chi connectivity index (χ3n) is 3.81. The fraction of sp³-hybridized carbons (Fsp3) is 0.111. The van der Waals surface area contributed by atoms with E-state index in [2.05, 4.69) is 5.10 Å². The molecule has 0 radical (unpaired) electrons. The molecular formula is C18H14N2O2. The van der Waals surface area contributed by atoms with Crippen molar-refractivity contribution in [1.29, 1.82) is 0 Å². The molecule has 0 unspecified atom stereocenters. The third-order valence-corrected chi connectivity index (χ3v) is 3.81. The quantitative estimate of drug-likeness (QED) is 0.527. The van der Waals surface area contributed by atoms with Crippen LogP contribution >= 0.6 is 0 Å². The van der Waals surface area contributed by atoms with E-state index < -0.39 is 0 Å². The number of pyridine rings is 1. The van der Waals surface area contributed by atoms with Gasteiger partial charge in [-0.05, 0) is 25.1 Å². The summed E-state index contributed by atoms with van der Waals surface area (Å²) in [5.41, 5.74) is 3.31. The van der Waals surface area contributed by atoms with E-state index in [0.29, 0.717) is 12.2 Å². The Morgan fingerprint density at radius 3 is 2.59 bits per heavy atom. The molecule has 0 aliphatic carbocycles. The normalized spacial score (nSPS) is 11.3. The molecule has 2 heterocycles. The van der Waals surface area contributed by atoms with Crippen molar-refractivity contribution in [2.45, 2.75) is 6.92 Å². The number of fused-ring (bicyclic) bond motifs is 5. The van der Waals surface area contributed by atoms with Crippen molar-refractivity contribution in [2.75, 3.05) is 6.61 Å². The van der Waals surface area contributed by atoms with Gasteiger partial charge in [-0.3, -0.25) is 0 Å². The van der Waals surface area contributed by atoms with Crippen LogP contribution in [0.25, 0.3) is 27.3 Å². The number of ether oxygens (including phenoxy) is 1. The molecule has 22 heavy (non-hydrogen) atoms. The molecule has 0 bridgehead atoms. The summed E-state index contributed by atoms with van der Waals surface area (Å²) in [6, 6.07) is 17.6. The first kappa shape index (κ1) is 12.8. The lowest BCUT2D eigenvalue weighted by Crippen LogP contribution is -2.07. The summed E-state index contributed by atoms with van der Waals surface area (Å²) in [5.74, 6) is -0.300. The SMILES string of the molecule is CCOC(=O)c1cc2c3ccccc3nn2c2ccccc12. The highest BCUT2D eigenvalue weighted by Crippen LogP contribution is 2.27. The predicted molar refractivity (Wildman–Crippen MR) is 86.2 cm³/mol. The average molecular weight is 290 g/mol. The second kappa shape index (κ2) is 4.84. The summed E-state index contributed by atoms with van der Waals surface area (Å²) in [5, 5.41) is 6.53. The van der Waals surface area contributed by atoms with Crippen LogP contribution < -0.4 is 0 Å². The molecule has 108 valence electrons. The lowest BCUT2D eigenvalue weighted by Gasteiger charge is -2.08. The van der Waals surface area contributed by atoms with E-state index >= 15 is 0 Å². The molecule has 0 saturated carbocycles. The van der Waals surface area contributed by atoms with Gasteiger partial charge in [0.2, 0.25) is 0 Å². The molecule has 0 N–H and O–H groups in total. The zero-order valence-corrected chi connectivity index (χ0v) is 12.1. The third kappa shape index (κ3) is 1.77. The summed E-state index contributed by atoms with van der Waals surface area (Å²) in [6.07, 6.45) is 0. The van der Waals surface area contributed by atoms with E-state index in [1.165, 1.54) is 0 Å². The Bertz CT molecular complexity index is 1020. The first-order chi connectivity index (χ1) is 10.8. The van der Waals surface area contributed by atoms with Crippen LogP contribution in [0.1, 0.15) is 17.3 Å². The van der Waals surface area contributed by atoms with E-state index in [4.69, 9.17) is 4.74 Å². The lowest BCUT2D eigenvalue weighted by molar-refractivity contribution is 0.0529.